The topological polar surface area (TPSA) is 58.8 Å². The van der Waals surface area contributed by atoms with Crippen LogP contribution in [0.2, 0.25) is 0 Å². The van der Waals surface area contributed by atoms with E-state index in [0.717, 1.165) is 51.0 Å². The zero-order chi connectivity index (χ0) is 19.4. The van der Waals surface area contributed by atoms with E-state index in [0.29, 0.717) is 30.9 Å². The Morgan fingerprint density at radius 2 is 2.00 bits per heavy atom. The molecule has 5 unspecified atom stereocenters. The summed E-state index contributed by atoms with van der Waals surface area (Å²) >= 11 is 0. The quantitative estimate of drug-likeness (QED) is 0.857. The maximum atomic E-state index is 14.1. The molecule has 3 aliphatic heterocycles. The lowest BCUT2D eigenvalue weighted by molar-refractivity contribution is -0.132. The van der Waals surface area contributed by atoms with Crippen molar-refractivity contribution in [2.24, 2.45) is 17.6 Å². The van der Waals surface area contributed by atoms with E-state index in [2.05, 4.69) is 4.90 Å². The van der Waals surface area contributed by atoms with Crippen LogP contribution >= 0.6 is 0 Å². The molecule has 0 spiro atoms. The second-order valence-electron chi connectivity index (χ2n) is 8.84. The molecule has 1 aromatic rings. The van der Waals surface area contributed by atoms with Crippen molar-refractivity contribution in [2.45, 2.75) is 49.9 Å². The average Bonchev–Trinajstić information content (AvgIpc) is 3.32. The van der Waals surface area contributed by atoms with E-state index in [1.807, 2.05) is 4.90 Å². The number of carbonyl (C=O) groups is 1. The number of amides is 1. The molecule has 4 fully saturated rings. The number of fused-ring (bicyclic) bond motifs is 1. The third kappa shape index (κ3) is 3.23. The van der Waals surface area contributed by atoms with Gasteiger partial charge in [-0.05, 0) is 56.3 Å². The molecule has 2 N–H and O–H groups in total. The minimum absolute atomic E-state index is 0.161. The lowest BCUT2D eigenvalue weighted by atomic mass is 9.92. The van der Waals surface area contributed by atoms with Gasteiger partial charge >= 0.3 is 0 Å². The van der Waals surface area contributed by atoms with Gasteiger partial charge in [0, 0.05) is 42.7 Å². The van der Waals surface area contributed by atoms with Gasteiger partial charge in [0.05, 0.1) is 6.61 Å². The second kappa shape index (κ2) is 7.04. The van der Waals surface area contributed by atoms with Gasteiger partial charge in [-0.15, -0.1) is 0 Å². The maximum absolute atomic E-state index is 14.1. The highest BCUT2D eigenvalue weighted by molar-refractivity contribution is 5.81. The van der Waals surface area contributed by atoms with Crippen molar-refractivity contribution < 1.29 is 18.3 Å². The van der Waals surface area contributed by atoms with E-state index in [1.165, 1.54) is 6.07 Å². The lowest BCUT2D eigenvalue weighted by Gasteiger charge is -2.41. The molecule has 1 aliphatic carbocycles. The first-order valence-electron chi connectivity index (χ1n) is 10.4. The number of likely N-dealkylation sites (tertiary alicyclic amines) is 2. The summed E-state index contributed by atoms with van der Waals surface area (Å²) in [7, 11) is 0. The summed E-state index contributed by atoms with van der Waals surface area (Å²) in [4.78, 5) is 16.9. The van der Waals surface area contributed by atoms with E-state index in [-0.39, 0.29) is 23.6 Å². The lowest BCUT2D eigenvalue weighted by Crippen LogP contribution is -2.52. The van der Waals surface area contributed by atoms with Crippen LogP contribution in [0.15, 0.2) is 18.2 Å². The van der Waals surface area contributed by atoms with Crippen LogP contribution in [0.4, 0.5) is 8.78 Å². The van der Waals surface area contributed by atoms with E-state index in [9.17, 15) is 13.6 Å². The predicted octanol–water partition coefficient (Wildman–Crippen LogP) is 2.06. The monoisotopic (exact) mass is 391 g/mol. The highest BCUT2D eigenvalue weighted by Gasteiger charge is 2.48. The summed E-state index contributed by atoms with van der Waals surface area (Å²) in [6.45, 7) is 3.11. The van der Waals surface area contributed by atoms with Crippen LogP contribution in [0.25, 0.3) is 0 Å². The minimum Gasteiger partial charge on any atom is -0.370 e. The molecule has 152 valence electrons. The van der Waals surface area contributed by atoms with Crippen LogP contribution in [-0.2, 0) is 9.53 Å². The van der Waals surface area contributed by atoms with E-state index < -0.39 is 17.7 Å². The number of halogens is 2. The Balaban J connectivity index is 1.25. The number of hydrogen-bond acceptors (Lipinski definition) is 4. The number of benzene rings is 1. The van der Waals surface area contributed by atoms with Crippen LogP contribution in [0.3, 0.4) is 0 Å². The average molecular weight is 391 g/mol. The highest BCUT2D eigenvalue weighted by Crippen LogP contribution is 2.39. The Morgan fingerprint density at radius 1 is 1.18 bits per heavy atom. The SMILES string of the molecule is NC1CC(N2CCC3CN(C(=O)C4CC4)CC32)COC1c1cc(F)ccc1F. The third-order valence-corrected chi connectivity index (χ3v) is 6.96. The Morgan fingerprint density at radius 3 is 2.75 bits per heavy atom. The first-order valence-corrected chi connectivity index (χ1v) is 10.4. The fourth-order valence-electron chi connectivity index (χ4n) is 5.34. The fraction of sp³-hybridized carbons (Fsp3) is 0.667. The van der Waals surface area contributed by atoms with E-state index in [1.54, 1.807) is 0 Å². The number of ether oxygens (including phenoxy) is 1. The van der Waals surface area contributed by atoms with Gasteiger partial charge in [-0.1, -0.05) is 0 Å². The van der Waals surface area contributed by atoms with Crippen molar-refractivity contribution in [1.29, 1.82) is 0 Å². The number of carbonyl (C=O) groups excluding carboxylic acids is 1. The zero-order valence-electron chi connectivity index (χ0n) is 15.9. The standard InChI is InChI=1S/C21H27F2N3O2/c22-14-3-4-17(23)16(7-14)20-18(24)8-15(11-28-20)26-6-5-13-9-25(10-19(13)26)21(27)12-1-2-12/h3-4,7,12-13,15,18-20H,1-2,5-6,8-11,24H2. The molecule has 3 heterocycles. The van der Waals surface area contributed by atoms with Gasteiger partial charge in [-0.2, -0.15) is 0 Å². The predicted molar refractivity (Wildman–Crippen MR) is 99.3 cm³/mol. The third-order valence-electron chi connectivity index (χ3n) is 6.96. The minimum atomic E-state index is -0.623. The molecule has 5 atom stereocenters. The molecule has 28 heavy (non-hydrogen) atoms. The van der Waals surface area contributed by atoms with Crippen molar-refractivity contribution in [3.63, 3.8) is 0 Å². The Kier molecular flexibility index (Phi) is 4.64. The Bertz CT molecular complexity index is 772. The summed E-state index contributed by atoms with van der Waals surface area (Å²) in [6.07, 6.45) is 3.23. The normalized spacial score (nSPS) is 36.0. The van der Waals surface area contributed by atoms with Gasteiger partial charge in [0.25, 0.3) is 0 Å². The summed E-state index contributed by atoms with van der Waals surface area (Å²) in [5, 5.41) is 0. The Labute approximate surface area is 163 Å². The van der Waals surface area contributed by atoms with Gasteiger partial charge in [0.2, 0.25) is 5.91 Å². The molecule has 1 saturated carbocycles. The summed E-state index contributed by atoms with van der Waals surface area (Å²) in [6, 6.07) is 3.56. The molecule has 5 nitrogen and oxygen atoms in total. The van der Waals surface area contributed by atoms with Crippen molar-refractivity contribution in [1.82, 2.24) is 9.80 Å². The molecular formula is C21H27F2N3O2. The van der Waals surface area contributed by atoms with Crippen molar-refractivity contribution in [3.05, 3.63) is 35.4 Å². The van der Waals surface area contributed by atoms with Gasteiger partial charge in [-0.3, -0.25) is 9.69 Å². The van der Waals surface area contributed by atoms with Gasteiger partial charge in [0.1, 0.15) is 17.7 Å². The van der Waals surface area contributed by atoms with Crippen LogP contribution < -0.4 is 5.73 Å². The molecule has 0 bridgehead atoms. The molecule has 4 aliphatic rings. The first kappa shape index (κ1) is 18.5. The largest absolute Gasteiger partial charge is 0.370 e. The number of hydrogen-bond donors (Lipinski definition) is 1. The maximum Gasteiger partial charge on any atom is 0.225 e. The first-order chi connectivity index (χ1) is 13.5. The molecular weight excluding hydrogens is 364 g/mol. The molecule has 1 aromatic carbocycles. The van der Waals surface area contributed by atoms with Crippen molar-refractivity contribution >= 4 is 5.91 Å². The Hall–Kier alpha value is -1.57. The molecule has 1 amide bonds. The number of nitrogens with zero attached hydrogens (tertiary/aromatic N) is 2. The van der Waals surface area contributed by atoms with Crippen LogP contribution in [0.1, 0.15) is 37.4 Å². The summed E-state index contributed by atoms with van der Waals surface area (Å²) in [5.41, 5.74) is 6.54. The summed E-state index contributed by atoms with van der Waals surface area (Å²) < 4.78 is 33.7. The molecule has 5 rings (SSSR count). The van der Waals surface area contributed by atoms with Crippen LogP contribution in [0.5, 0.6) is 0 Å². The van der Waals surface area contributed by atoms with Gasteiger partial charge in [0.15, 0.2) is 0 Å². The molecule has 0 radical (unpaired) electrons. The molecule has 3 saturated heterocycles. The van der Waals surface area contributed by atoms with Crippen molar-refractivity contribution in [3.8, 4) is 0 Å². The fourth-order valence-corrected chi connectivity index (χ4v) is 5.34. The highest BCUT2D eigenvalue weighted by atomic mass is 19.1. The zero-order valence-corrected chi connectivity index (χ0v) is 15.9. The summed E-state index contributed by atoms with van der Waals surface area (Å²) in [5.74, 6) is 0.153. The van der Waals surface area contributed by atoms with E-state index in [4.69, 9.17) is 10.5 Å². The van der Waals surface area contributed by atoms with E-state index >= 15 is 0 Å². The smallest absolute Gasteiger partial charge is 0.225 e. The van der Waals surface area contributed by atoms with Crippen LogP contribution in [-0.4, -0.2) is 60.1 Å². The number of nitrogens with two attached hydrogens (primary N) is 1. The second-order valence-corrected chi connectivity index (χ2v) is 8.84. The van der Waals surface area contributed by atoms with Gasteiger partial charge < -0.3 is 15.4 Å². The molecule has 0 aromatic heterocycles. The van der Waals surface area contributed by atoms with Crippen LogP contribution in [0, 0.1) is 23.5 Å². The molecule has 7 heteroatoms. The van der Waals surface area contributed by atoms with Crippen molar-refractivity contribution in [2.75, 3.05) is 26.2 Å². The van der Waals surface area contributed by atoms with Gasteiger partial charge in [-0.25, -0.2) is 8.78 Å². The number of rotatable bonds is 3.